The number of carbonyl (C=O) groups is 2. The lowest BCUT2D eigenvalue weighted by Gasteiger charge is -2.22. The molecule has 15 nitrogen and oxygen atoms in total. The van der Waals surface area contributed by atoms with Gasteiger partial charge in [-0.25, -0.2) is 9.55 Å². The van der Waals surface area contributed by atoms with Crippen molar-refractivity contribution < 1.29 is 47.4 Å². The van der Waals surface area contributed by atoms with Crippen molar-refractivity contribution in [1.82, 2.24) is 19.5 Å². The number of carbonyl (C=O) groups excluding carboxylic acids is 2. The Morgan fingerprint density at radius 3 is 1.66 bits per heavy atom. The molecule has 1 fully saturated rings. The molecule has 0 amide bonds. The van der Waals surface area contributed by atoms with Crippen LogP contribution >= 0.6 is 19.4 Å². The third-order valence-corrected chi connectivity index (χ3v) is 12.7. The Morgan fingerprint density at radius 2 is 1.21 bits per heavy atom. The van der Waals surface area contributed by atoms with Crippen molar-refractivity contribution in [2.24, 2.45) is 0 Å². The molecule has 4 N–H and O–H groups in total. The number of aliphatic hydroxyl groups excluding tert-OH is 1. The summed E-state index contributed by atoms with van der Waals surface area (Å²) in [4.78, 5) is 48.3. The number of aliphatic hydroxyl groups is 1. The standard InChI is InChI=1S/C45H79ClN5O10P/c1-3-5-7-9-11-13-15-17-19-21-23-25-27-29-40(53)57-32-36(33-58-41(54)30-28-26-24-22-20-18-16-14-12-10-8-6-4-2)61-62(55,56)59-34-38-37(52)31-39(60-38)51-35-48-42-43(47)49-45(46)50-44(42)51/h35-39,52H,3-34H2,1-2H3,(H,55,56)(H2,47,49,50)/t37-,38+,39+/m0/s1. The van der Waals surface area contributed by atoms with Gasteiger partial charge in [-0.1, -0.05) is 168 Å². The SMILES string of the molecule is CCCCCCCCCCCCCCCC(=O)OCC(COC(=O)CCCCCCCCCCCCCCC)OP(=O)(O)OC[C@H]1O[C@@H](n2cnc3c(N)nc(Cl)nc32)C[C@@H]1O. The van der Waals surface area contributed by atoms with Gasteiger partial charge in [-0.15, -0.1) is 0 Å². The number of nitrogens with zero attached hydrogens (tertiary/aromatic N) is 4. The Bertz CT molecular complexity index is 1520. The van der Waals surface area contributed by atoms with Crippen LogP contribution in [0.1, 0.15) is 206 Å². The van der Waals surface area contributed by atoms with Crippen LogP contribution in [0, 0.1) is 0 Å². The van der Waals surface area contributed by atoms with Gasteiger partial charge in [0, 0.05) is 19.3 Å². The minimum atomic E-state index is -4.83. The average molecular weight is 917 g/mol. The van der Waals surface area contributed by atoms with Gasteiger partial charge in [0.2, 0.25) is 5.28 Å². The number of phosphoric ester groups is 1. The third-order valence-electron chi connectivity index (χ3n) is 11.4. The number of imidazole rings is 1. The number of halogens is 1. The molecule has 2 aromatic heterocycles. The number of nitrogens with two attached hydrogens (primary N) is 1. The van der Waals surface area contributed by atoms with Gasteiger partial charge in [-0.2, -0.15) is 9.97 Å². The first kappa shape index (κ1) is 53.9. The van der Waals surface area contributed by atoms with Crippen LogP contribution in [0.4, 0.5) is 5.82 Å². The van der Waals surface area contributed by atoms with E-state index in [1.807, 2.05) is 0 Å². The number of esters is 2. The van der Waals surface area contributed by atoms with Gasteiger partial charge >= 0.3 is 19.8 Å². The minimum Gasteiger partial charge on any atom is -0.463 e. The van der Waals surface area contributed by atoms with Gasteiger partial charge in [0.15, 0.2) is 11.5 Å². The summed E-state index contributed by atoms with van der Waals surface area (Å²) < 4.78 is 42.2. The van der Waals surface area contributed by atoms with Gasteiger partial charge < -0.3 is 29.9 Å². The van der Waals surface area contributed by atoms with Crippen molar-refractivity contribution in [1.29, 1.82) is 0 Å². The predicted octanol–water partition coefficient (Wildman–Crippen LogP) is 11.3. The molecule has 0 bridgehead atoms. The quantitative estimate of drug-likeness (QED) is 0.0248. The lowest BCUT2D eigenvalue weighted by molar-refractivity contribution is -0.152. The Balaban J connectivity index is 1.40. The molecule has 3 heterocycles. The zero-order valence-electron chi connectivity index (χ0n) is 37.9. The second-order valence-electron chi connectivity index (χ2n) is 17.0. The number of hydrogen-bond donors (Lipinski definition) is 3. The predicted molar refractivity (Wildman–Crippen MR) is 242 cm³/mol. The largest absolute Gasteiger partial charge is 0.472 e. The molecule has 1 aliphatic rings. The fourth-order valence-electron chi connectivity index (χ4n) is 7.74. The lowest BCUT2D eigenvalue weighted by atomic mass is 10.0. The molecule has 1 aliphatic heterocycles. The summed E-state index contributed by atoms with van der Waals surface area (Å²) >= 11 is 5.99. The monoisotopic (exact) mass is 916 g/mol. The Labute approximate surface area is 375 Å². The van der Waals surface area contributed by atoms with Crippen molar-refractivity contribution in [3.05, 3.63) is 11.6 Å². The summed E-state index contributed by atoms with van der Waals surface area (Å²) in [7, 11) is -4.83. The van der Waals surface area contributed by atoms with Crippen molar-refractivity contribution >= 4 is 48.3 Å². The van der Waals surface area contributed by atoms with E-state index < -0.39 is 64.1 Å². The first-order valence-electron chi connectivity index (χ1n) is 24.0. The van der Waals surface area contributed by atoms with Crippen LogP contribution in [0.5, 0.6) is 0 Å². The topological polar surface area (TPSA) is 207 Å². The van der Waals surface area contributed by atoms with Gasteiger partial charge in [0.25, 0.3) is 0 Å². The smallest absolute Gasteiger partial charge is 0.463 e. The molecule has 0 aromatic carbocycles. The van der Waals surface area contributed by atoms with E-state index in [2.05, 4.69) is 28.8 Å². The molecule has 356 valence electrons. The molecular formula is C45H79ClN5O10P. The third kappa shape index (κ3) is 23.0. The van der Waals surface area contributed by atoms with E-state index in [1.54, 1.807) is 0 Å². The molecule has 4 atom stereocenters. The minimum absolute atomic E-state index is 0.0839. The van der Waals surface area contributed by atoms with E-state index >= 15 is 0 Å². The van der Waals surface area contributed by atoms with Crippen LogP contribution in [-0.2, 0) is 37.4 Å². The molecule has 0 aliphatic carbocycles. The molecule has 1 saturated heterocycles. The summed E-state index contributed by atoms with van der Waals surface area (Å²) in [5.41, 5.74) is 6.52. The van der Waals surface area contributed by atoms with Crippen LogP contribution in [0.3, 0.4) is 0 Å². The number of phosphoric acid groups is 1. The van der Waals surface area contributed by atoms with Crippen molar-refractivity contribution in [2.75, 3.05) is 25.6 Å². The molecule has 3 rings (SSSR count). The van der Waals surface area contributed by atoms with Crippen molar-refractivity contribution in [2.45, 2.75) is 225 Å². The first-order chi connectivity index (χ1) is 30.0. The highest BCUT2D eigenvalue weighted by atomic mass is 35.5. The number of rotatable bonds is 38. The second kappa shape index (κ2) is 32.3. The van der Waals surface area contributed by atoms with E-state index in [0.29, 0.717) is 24.0 Å². The fraction of sp³-hybridized carbons (Fsp3) is 0.844. The fourth-order valence-corrected chi connectivity index (χ4v) is 8.81. The Hall–Kier alpha value is -2.39. The number of unbranched alkanes of at least 4 members (excludes halogenated alkanes) is 24. The van der Waals surface area contributed by atoms with E-state index in [0.717, 1.165) is 38.5 Å². The van der Waals surface area contributed by atoms with Gasteiger partial charge in [0.05, 0.1) is 19.0 Å². The number of ether oxygens (including phenoxy) is 3. The van der Waals surface area contributed by atoms with Gasteiger partial charge in [-0.3, -0.25) is 23.2 Å². The van der Waals surface area contributed by atoms with Crippen LogP contribution in [-0.4, -0.2) is 79.6 Å². The molecular weight excluding hydrogens is 837 g/mol. The zero-order chi connectivity index (χ0) is 44.8. The normalized spacial score (nSPS) is 17.5. The average Bonchev–Trinajstić information content (AvgIpc) is 3.84. The number of nitrogen functional groups attached to an aromatic ring is 1. The molecule has 0 radical (unpaired) electrons. The maximum atomic E-state index is 13.2. The maximum Gasteiger partial charge on any atom is 0.472 e. The lowest BCUT2D eigenvalue weighted by Crippen LogP contribution is -2.29. The van der Waals surface area contributed by atoms with Gasteiger partial charge in [-0.05, 0) is 24.4 Å². The summed E-state index contributed by atoms with van der Waals surface area (Å²) in [5.74, 6) is -0.856. The molecule has 2 aromatic rings. The van der Waals surface area contributed by atoms with Gasteiger partial charge in [0.1, 0.15) is 37.2 Å². The molecule has 62 heavy (non-hydrogen) atoms. The van der Waals surface area contributed by atoms with Crippen molar-refractivity contribution in [3.63, 3.8) is 0 Å². The van der Waals surface area contributed by atoms with Crippen LogP contribution in [0.25, 0.3) is 11.2 Å². The summed E-state index contributed by atoms with van der Waals surface area (Å²) in [6, 6.07) is 0. The summed E-state index contributed by atoms with van der Waals surface area (Å²) in [6.07, 6.45) is 28.6. The van der Waals surface area contributed by atoms with E-state index in [1.165, 1.54) is 126 Å². The Kier molecular flexibility index (Phi) is 28.1. The second-order valence-corrected chi connectivity index (χ2v) is 18.7. The Morgan fingerprint density at radius 1 is 0.774 bits per heavy atom. The number of hydrogen-bond acceptors (Lipinski definition) is 13. The zero-order valence-corrected chi connectivity index (χ0v) is 39.5. The van der Waals surface area contributed by atoms with Crippen LogP contribution < -0.4 is 5.73 Å². The highest BCUT2D eigenvalue weighted by Crippen LogP contribution is 2.46. The highest BCUT2D eigenvalue weighted by Gasteiger charge is 2.39. The summed E-state index contributed by atoms with van der Waals surface area (Å²) in [5, 5.41) is 10.7. The molecule has 0 saturated carbocycles. The van der Waals surface area contributed by atoms with Crippen LogP contribution in [0.2, 0.25) is 5.28 Å². The van der Waals surface area contributed by atoms with E-state index in [-0.39, 0.29) is 30.4 Å². The number of anilines is 1. The van der Waals surface area contributed by atoms with E-state index in [4.69, 9.17) is 40.6 Å². The van der Waals surface area contributed by atoms with Crippen LogP contribution in [0.15, 0.2) is 6.33 Å². The first-order valence-corrected chi connectivity index (χ1v) is 25.9. The number of fused-ring (bicyclic) bond motifs is 1. The number of aromatic nitrogens is 4. The molecule has 1 unspecified atom stereocenters. The molecule has 0 spiro atoms. The molecule has 17 heteroatoms. The maximum absolute atomic E-state index is 13.2. The summed E-state index contributed by atoms with van der Waals surface area (Å²) in [6.45, 7) is 3.13. The van der Waals surface area contributed by atoms with E-state index in [9.17, 15) is 24.2 Å². The highest BCUT2D eigenvalue weighted by molar-refractivity contribution is 7.47. The van der Waals surface area contributed by atoms with Crippen molar-refractivity contribution in [3.8, 4) is 0 Å².